The summed E-state index contributed by atoms with van der Waals surface area (Å²) >= 11 is 0. The van der Waals surface area contributed by atoms with Gasteiger partial charge in [-0.2, -0.15) is 5.10 Å². The van der Waals surface area contributed by atoms with Gasteiger partial charge in [0.25, 0.3) is 5.91 Å². The van der Waals surface area contributed by atoms with E-state index in [0.29, 0.717) is 25.1 Å². The summed E-state index contributed by atoms with van der Waals surface area (Å²) in [4.78, 5) is 25.2. The Morgan fingerprint density at radius 2 is 2.15 bits per heavy atom. The highest BCUT2D eigenvalue weighted by atomic mass is 16.2. The highest BCUT2D eigenvalue weighted by Gasteiger charge is 2.18. The van der Waals surface area contributed by atoms with Crippen molar-refractivity contribution in [3.05, 3.63) is 0 Å². The third-order valence-corrected chi connectivity index (χ3v) is 3.98. The number of carbonyl (C=O) groups excluding carboxylic acids is 2. The van der Waals surface area contributed by atoms with Gasteiger partial charge in [-0.1, -0.05) is 6.92 Å². The van der Waals surface area contributed by atoms with Crippen molar-refractivity contribution in [3.8, 4) is 0 Å². The Morgan fingerprint density at radius 3 is 2.80 bits per heavy atom. The van der Waals surface area contributed by atoms with Gasteiger partial charge in [-0.15, -0.1) is 0 Å². The molecule has 2 aliphatic rings. The van der Waals surface area contributed by atoms with Crippen LogP contribution in [0.4, 0.5) is 0 Å². The van der Waals surface area contributed by atoms with E-state index < -0.39 is 0 Å². The van der Waals surface area contributed by atoms with Crippen LogP contribution in [0.25, 0.3) is 0 Å². The van der Waals surface area contributed by atoms with Crippen LogP contribution < -0.4 is 10.7 Å². The van der Waals surface area contributed by atoms with Gasteiger partial charge in [0.15, 0.2) is 0 Å². The zero-order valence-electron chi connectivity index (χ0n) is 12.2. The molecule has 0 spiro atoms. The molecule has 2 amide bonds. The second kappa shape index (κ2) is 7.38. The molecule has 0 aromatic heterocycles. The predicted octanol–water partition coefficient (Wildman–Crippen LogP) is 0.491. The minimum absolute atomic E-state index is 0.124. The lowest BCUT2D eigenvalue weighted by molar-refractivity contribution is -0.121. The maximum Gasteiger partial charge on any atom is 0.267 e. The molecule has 20 heavy (non-hydrogen) atoms. The number of nitrogens with one attached hydrogen (secondary N) is 2. The van der Waals surface area contributed by atoms with Gasteiger partial charge in [0.2, 0.25) is 5.91 Å². The van der Waals surface area contributed by atoms with E-state index in [9.17, 15) is 9.59 Å². The second-order valence-electron chi connectivity index (χ2n) is 5.73. The first-order valence-corrected chi connectivity index (χ1v) is 7.51. The van der Waals surface area contributed by atoms with Gasteiger partial charge in [-0.25, -0.2) is 5.43 Å². The van der Waals surface area contributed by atoms with Gasteiger partial charge < -0.3 is 10.2 Å². The number of hydrogen-bond donors (Lipinski definition) is 2. The van der Waals surface area contributed by atoms with Crippen molar-refractivity contribution in [3.63, 3.8) is 0 Å². The van der Waals surface area contributed by atoms with Gasteiger partial charge in [0, 0.05) is 19.4 Å². The topological polar surface area (TPSA) is 73.8 Å². The summed E-state index contributed by atoms with van der Waals surface area (Å²) < 4.78 is 0. The number of piperidine rings is 1. The molecule has 0 radical (unpaired) electrons. The predicted molar refractivity (Wildman–Crippen MR) is 77.3 cm³/mol. The summed E-state index contributed by atoms with van der Waals surface area (Å²) in [6.45, 7) is 6.36. The molecule has 2 N–H and O–H groups in total. The number of hydrogen-bond acceptors (Lipinski definition) is 4. The molecule has 2 rings (SSSR count). The Labute approximate surface area is 120 Å². The standard InChI is InChI=1S/C14H24N4O2/c1-11-5-9-18(10-6-11)8-2-7-15-14(20)12-3-4-13(19)17-16-12/h11H,2-10H2,1H3,(H,15,20)(H,17,19). The number of carbonyl (C=O) groups is 2. The zero-order valence-corrected chi connectivity index (χ0v) is 12.2. The number of rotatable bonds is 5. The Balaban J connectivity index is 1.59. The Morgan fingerprint density at radius 1 is 1.40 bits per heavy atom. The molecular weight excluding hydrogens is 256 g/mol. The van der Waals surface area contributed by atoms with Crippen LogP contribution in [0.5, 0.6) is 0 Å². The van der Waals surface area contributed by atoms with Crippen LogP contribution in [0.1, 0.15) is 39.0 Å². The van der Waals surface area contributed by atoms with E-state index in [1.165, 1.54) is 25.9 Å². The molecular formula is C14H24N4O2. The monoisotopic (exact) mass is 280 g/mol. The SMILES string of the molecule is CC1CCN(CCCNC(=O)C2=NNC(=O)CC2)CC1. The highest BCUT2D eigenvalue weighted by molar-refractivity contribution is 6.39. The fraction of sp³-hybridized carbons (Fsp3) is 0.786. The van der Waals surface area contributed by atoms with Gasteiger partial charge in [-0.05, 0) is 44.8 Å². The van der Waals surface area contributed by atoms with E-state index in [4.69, 9.17) is 0 Å². The van der Waals surface area contributed by atoms with E-state index in [1.54, 1.807) is 0 Å². The van der Waals surface area contributed by atoms with Crippen LogP contribution in [0.3, 0.4) is 0 Å². The van der Waals surface area contributed by atoms with Crippen molar-refractivity contribution in [2.75, 3.05) is 26.2 Å². The van der Waals surface area contributed by atoms with E-state index in [2.05, 4.69) is 27.7 Å². The quantitative estimate of drug-likeness (QED) is 0.720. The molecule has 6 nitrogen and oxygen atoms in total. The van der Waals surface area contributed by atoms with Crippen LogP contribution in [0.15, 0.2) is 5.10 Å². The van der Waals surface area contributed by atoms with Crippen LogP contribution in [0.2, 0.25) is 0 Å². The average molecular weight is 280 g/mol. The van der Waals surface area contributed by atoms with Crippen molar-refractivity contribution >= 4 is 17.5 Å². The minimum Gasteiger partial charge on any atom is -0.351 e. The maximum atomic E-state index is 11.8. The first kappa shape index (κ1) is 15.0. The molecule has 0 unspecified atom stereocenters. The summed E-state index contributed by atoms with van der Waals surface area (Å²) in [5, 5.41) is 6.65. The molecule has 0 atom stereocenters. The fourth-order valence-corrected chi connectivity index (χ4v) is 2.53. The first-order valence-electron chi connectivity index (χ1n) is 7.51. The fourth-order valence-electron chi connectivity index (χ4n) is 2.53. The van der Waals surface area contributed by atoms with Crippen molar-refractivity contribution in [1.82, 2.24) is 15.6 Å². The summed E-state index contributed by atoms with van der Waals surface area (Å²) in [6.07, 6.45) is 4.30. The Hall–Kier alpha value is -1.43. The number of nitrogens with zero attached hydrogens (tertiary/aromatic N) is 2. The summed E-state index contributed by atoms with van der Waals surface area (Å²) in [5.41, 5.74) is 2.77. The Kier molecular flexibility index (Phi) is 5.52. The molecule has 0 aromatic rings. The van der Waals surface area contributed by atoms with Crippen molar-refractivity contribution in [2.45, 2.75) is 39.0 Å². The smallest absolute Gasteiger partial charge is 0.267 e. The lowest BCUT2D eigenvalue weighted by Gasteiger charge is -2.30. The molecule has 1 fully saturated rings. The lowest BCUT2D eigenvalue weighted by Crippen LogP contribution is -2.39. The van der Waals surface area contributed by atoms with Gasteiger partial charge in [0.1, 0.15) is 5.71 Å². The average Bonchev–Trinajstić information content (AvgIpc) is 2.46. The molecule has 0 aliphatic carbocycles. The third kappa shape index (κ3) is 4.59. The van der Waals surface area contributed by atoms with E-state index in [1.807, 2.05) is 0 Å². The number of likely N-dealkylation sites (tertiary alicyclic amines) is 1. The molecule has 2 heterocycles. The molecule has 112 valence electrons. The maximum absolute atomic E-state index is 11.8. The number of hydrazone groups is 1. The molecule has 0 aromatic carbocycles. The lowest BCUT2D eigenvalue weighted by atomic mass is 9.99. The van der Waals surface area contributed by atoms with Crippen molar-refractivity contribution in [1.29, 1.82) is 0 Å². The highest BCUT2D eigenvalue weighted by Crippen LogP contribution is 2.15. The van der Waals surface area contributed by atoms with Crippen LogP contribution in [-0.2, 0) is 9.59 Å². The van der Waals surface area contributed by atoms with E-state index in [-0.39, 0.29) is 11.8 Å². The molecule has 1 saturated heterocycles. The first-order chi connectivity index (χ1) is 9.65. The van der Waals surface area contributed by atoms with Gasteiger partial charge in [-0.3, -0.25) is 9.59 Å². The van der Waals surface area contributed by atoms with Crippen LogP contribution in [0, 0.1) is 5.92 Å². The van der Waals surface area contributed by atoms with E-state index >= 15 is 0 Å². The summed E-state index contributed by atoms with van der Waals surface area (Å²) in [5.74, 6) is 0.573. The van der Waals surface area contributed by atoms with Crippen molar-refractivity contribution in [2.24, 2.45) is 11.0 Å². The normalized spacial score (nSPS) is 21.2. The third-order valence-electron chi connectivity index (χ3n) is 3.98. The van der Waals surface area contributed by atoms with Gasteiger partial charge in [0.05, 0.1) is 0 Å². The number of amides is 2. The second-order valence-corrected chi connectivity index (χ2v) is 5.73. The van der Waals surface area contributed by atoms with Crippen LogP contribution >= 0.6 is 0 Å². The molecule has 0 saturated carbocycles. The molecule has 6 heteroatoms. The molecule has 0 bridgehead atoms. The Bertz CT molecular complexity index is 387. The summed E-state index contributed by atoms with van der Waals surface area (Å²) in [7, 11) is 0. The van der Waals surface area contributed by atoms with Crippen LogP contribution in [-0.4, -0.2) is 48.6 Å². The van der Waals surface area contributed by atoms with Gasteiger partial charge >= 0.3 is 0 Å². The van der Waals surface area contributed by atoms with E-state index in [0.717, 1.165) is 18.9 Å². The summed E-state index contributed by atoms with van der Waals surface area (Å²) in [6, 6.07) is 0. The minimum atomic E-state index is -0.155. The van der Waals surface area contributed by atoms with Crippen molar-refractivity contribution < 1.29 is 9.59 Å². The largest absolute Gasteiger partial charge is 0.351 e. The zero-order chi connectivity index (χ0) is 14.4. The molecule has 2 aliphatic heterocycles.